The van der Waals surface area contributed by atoms with E-state index in [2.05, 4.69) is 0 Å². The molecule has 0 radical (unpaired) electrons. The fraction of sp³-hybridized carbons (Fsp3) is 0.579. The maximum absolute atomic E-state index is 12.6. The zero-order valence-corrected chi connectivity index (χ0v) is 16.0. The quantitative estimate of drug-likeness (QED) is 0.350. The van der Waals surface area contributed by atoms with Crippen LogP contribution in [0.2, 0.25) is 0 Å². The third kappa shape index (κ3) is 5.06. The molecule has 5 atom stereocenters. The minimum absolute atomic E-state index is 0.0432. The molecule has 5 unspecified atom stereocenters. The van der Waals surface area contributed by atoms with E-state index in [0.717, 1.165) is 5.56 Å². The van der Waals surface area contributed by atoms with Gasteiger partial charge in [0, 0.05) is 32.2 Å². The van der Waals surface area contributed by atoms with Gasteiger partial charge in [-0.15, -0.1) is 0 Å². The molecule has 2 amide bonds. The number of aryl methyl sites for hydroxylation is 1. The zero-order valence-electron chi connectivity index (χ0n) is 16.0. The van der Waals surface area contributed by atoms with Crippen molar-refractivity contribution in [3.05, 3.63) is 29.8 Å². The lowest BCUT2D eigenvalue weighted by Gasteiger charge is -2.29. The van der Waals surface area contributed by atoms with E-state index in [1.807, 2.05) is 31.2 Å². The normalized spacial score (nSPS) is 21.3. The van der Waals surface area contributed by atoms with Crippen LogP contribution in [0.4, 0.5) is 5.69 Å². The molecule has 5 N–H and O–H groups in total. The Hall–Kier alpha value is -2.04. The first-order valence-corrected chi connectivity index (χ1v) is 9.10. The van der Waals surface area contributed by atoms with Crippen LogP contribution in [-0.4, -0.2) is 93.4 Å². The van der Waals surface area contributed by atoms with Gasteiger partial charge in [-0.2, -0.15) is 0 Å². The molecule has 9 heteroatoms. The van der Waals surface area contributed by atoms with E-state index < -0.39 is 36.9 Å². The zero-order chi connectivity index (χ0) is 21.0. The van der Waals surface area contributed by atoms with Crippen LogP contribution >= 0.6 is 0 Å². The summed E-state index contributed by atoms with van der Waals surface area (Å²) in [4.78, 5) is 27.7. The summed E-state index contributed by atoms with van der Waals surface area (Å²) >= 11 is 0. The van der Waals surface area contributed by atoms with Crippen LogP contribution in [0.15, 0.2) is 24.3 Å². The van der Waals surface area contributed by atoms with Gasteiger partial charge in [0.2, 0.25) is 11.8 Å². The molecular formula is C19H28N2O7. The summed E-state index contributed by atoms with van der Waals surface area (Å²) in [5.41, 5.74) is 1.77. The molecule has 1 aliphatic heterocycles. The first-order chi connectivity index (χ1) is 13.1. The molecule has 2 rings (SSSR count). The number of hydrogen-bond donors (Lipinski definition) is 5. The molecule has 0 saturated carbocycles. The van der Waals surface area contributed by atoms with Crippen LogP contribution in [0, 0.1) is 12.8 Å². The Morgan fingerprint density at radius 3 is 2.29 bits per heavy atom. The van der Waals surface area contributed by atoms with Crippen molar-refractivity contribution in [1.29, 1.82) is 0 Å². The maximum atomic E-state index is 12.6. The number of likely N-dealkylation sites (N-methyl/N-ethyl adjacent to an activating group) is 1. The van der Waals surface area contributed by atoms with Gasteiger partial charge in [0.15, 0.2) is 0 Å². The predicted octanol–water partition coefficient (Wildman–Crippen LogP) is -1.76. The van der Waals surface area contributed by atoms with Gasteiger partial charge >= 0.3 is 0 Å². The van der Waals surface area contributed by atoms with Crippen molar-refractivity contribution >= 4 is 17.5 Å². The van der Waals surface area contributed by atoms with Gasteiger partial charge in [0.25, 0.3) is 0 Å². The molecule has 28 heavy (non-hydrogen) atoms. The summed E-state index contributed by atoms with van der Waals surface area (Å²) in [5.74, 6) is -1.12. The van der Waals surface area contributed by atoms with Crippen molar-refractivity contribution < 1.29 is 35.1 Å². The third-order valence-electron chi connectivity index (χ3n) is 4.98. The summed E-state index contributed by atoms with van der Waals surface area (Å²) in [7, 11) is 1.42. The molecule has 0 aromatic heterocycles. The number of rotatable bonds is 8. The number of benzene rings is 1. The molecule has 1 heterocycles. The van der Waals surface area contributed by atoms with Crippen LogP contribution in [-0.2, 0) is 9.59 Å². The highest BCUT2D eigenvalue weighted by molar-refractivity contribution is 6.00. The van der Waals surface area contributed by atoms with Gasteiger partial charge in [-0.05, 0) is 19.1 Å². The molecule has 1 fully saturated rings. The number of nitrogens with zero attached hydrogens (tertiary/aromatic N) is 2. The van der Waals surface area contributed by atoms with Crippen molar-refractivity contribution in [2.24, 2.45) is 5.92 Å². The Morgan fingerprint density at radius 2 is 1.71 bits per heavy atom. The van der Waals surface area contributed by atoms with E-state index in [4.69, 9.17) is 5.11 Å². The minimum atomic E-state index is -1.76. The Kier molecular flexibility index (Phi) is 7.50. The summed E-state index contributed by atoms with van der Waals surface area (Å²) in [6.45, 7) is 1.08. The highest BCUT2D eigenvalue weighted by Crippen LogP contribution is 2.26. The van der Waals surface area contributed by atoms with Crippen LogP contribution in [0.5, 0.6) is 0 Å². The Balaban J connectivity index is 1.96. The second-order valence-electron chi connectivity index (χ2n) is 7.26. The molecule has 1 aromatic rings. The lowest BCUT2D eigenvalue weighted by molar-refractivity contribution is -0.141. The lowest BCUT2D eigenvalue weighted by atomic mass is 10.0. The van der Waals surface area contributed by atoms with E-state index in [1.54, 1.807) is 4.90 Å². The van der Waals surface area contributed by atoms with Crippen molar-refractivity contribution in [2.45, 2.75) is 37.8 Å². The monoisotopic (exact) mass is 396 g/mol. The van der Waals surface area contributed by atoms with Gasteiger partial charge in [0.1, 0.15) is 24.4 Å². The highest BCUT2D eigenvalue weighted by atomic mass is 16.4. The number of carbonyl (C=O) groups is 2. The van der Waals surface area contributed by atoms with Crippen molar-refractivity contribution in [2.75, 3.05) is 31.6 Å². The smallest absolute Gasteiger partial charge is 0.227 e. The number of amides is 2. The van der Waals surface area contributed by atoms with E-state index >= 15 is 0 Å². The molecule has 1 aliphatic rings. The molecule has 1 saturated heterocycles. The summed E-state index contributed by atoms with van der Waals surface area (Å²) in [6.07, 6.45) is -6.60. The fourth-order valence-corrected chi connectivity index (χ4v) is 3.20. The van der Waals surface area contributed by atoms with E-state index in [0.29, 0.717) is 5.69 Å². The van der Waals surface area contributed by atoms with Gasteiger partial charge < -0.3 is 35.3 Å². The Morgan fingerprint density at radius 1 is 1.14 bits per heavy atom. The second kappa shape index (κ2) is 9.44. The first-order valence-electron chi connectivity index (χ1n) is 9.10. The number of anilines is 1. The van der Waals surface area contributed by atoms with Crippen LogP contribution in [0.3, 0.4) is 0 Å². The molecule has 156 valence electrons. The molecule has 0 spiro atoms. The fourth-order valence-electron chi connectivity index (χ4n) is 3.20. The molecule has 1 aromatic carbocycles. The van der Waals surface area contributed by atoms with Gasteiger partial charge in [-0.25, -0.2) is 0 Å². The second-order valence-corrected chi connectivity index (χ2v) is 7.26. The topological polar surface area (TPSA) is 142 Å². The van der Waals surface area contributed by atoms with Crippen molar-refractivity contribution in [1.82, 2.24) is 4.90 Å². The van der Waals surface area contributed by atoms with Gasteiger partial charge in [-0.1, -0.05) is 17.7 Å². The molecule has 0 bridgehead atoms. The van der Waals surface area contributed by atoms with E-state index in [1.165, 1.54) is 11.9 Å². The number of aliphatic hydroxyl groups excluding tert-OH is 5. The van der Waals surface area contributed by atoms with Gasteiger partial charge in [-0.3, -0.25) is 9.59 Å². The Bertz CT molecular complexity index is 681. The average molecular weight is 396 g/mol. The number of hydrogen-bond acceptors (Lipinski definition) is 7. The third-order valence-corrected chi connectivity index (χ3v) is 4.98. The number of aliphatic hydroxyl groups is 5. The SMILES string of the molecule is Cc1ccc(N2CC(C(=O)N(C)CC(O)C(O)C(O)C(O)CO)CC2=O)cc1. The van der Waals surface area contributed by atoms with Crippen LogP contribution in [0.1, 0.15) is 12.0 Å². The van der Waals surface area contributed by atoms with Crippen LogP contribution in [0.25, 0.3) is 0 Å². The summed E-state index contributed by atoms with van der Waals surface area (Å²) in [6, 6.07) is 7.40. The highest BCUT2D eigenvalue weighted by Gasteiger charge is 2.38. The van der Waals surface area contributed by atoms with E-state index in [9.17, 15) is 30.0 Å². The molecule has 9 nitrogen and oxygen atoms in total. The average Bonchev–Trinajstić information content (AvgIpc) is 3.07. The Labute approximate surface area is 163 Å². The predicted molar refractivity (Wildman–Crippen MR) is 100 cm³/mol. The standard InChI is InChI=1S/C19H28N2O7/c1-11-3-5-13(6-4-11)21-8-12(7-16(21)25)19(28)20(2)9-14(23)17(26)18(27)15(24)10-22/h3-6,12,14-15,17-18,22-24,26-27H,7-10H2,1-2H3. The maximum Gasteiger partial charge on any atom is 0.227 e. The number of carbonyl (C=O) groups excluding carboxylic acids is 2. The largest absolute Gasteiger partial charge is 0.394 e. The molecule has 0 aliphatic carbocycles. The summed E-state index contributed by atoms with van der Waals surface area (Å²) < 4.78 is 0. The lowest BCUT2D eigenvalue weighted by Crippen LogP contribution is -2.50. The summed E-state index contributed by atoms with van der Waals surface area (Å²) in [5, 5.41) is 47.7. The molecular weight excluding hydrogens is 368 g/mol. The minimum Gasteiger partial charge on any atom is -0.394 e. The van der Waals surface area contributed by atoms with Crippen molar-refractivity contribution in [3.8, 4) is 0 Å². The first kappa shape index (κ1) is 22.3. The van der Waals surface area contributed by atoms with Gasteiger partial charge in [0.05, 0.1) is 12.5 Å². The van der Waals surface area contributed by atoms with E-state index in [-0.39, 0.29) is 31.3 Å². The van der Waals surface area contributed by atoms with Crippen LogP contribution < -0.4 is 4.90 Å². The van der Waals surface area contributed by atoms with Crippen molar-refractivity contribution in [3.63, 3.8) is 0 Å².